The number of benzene rings is 1. The number of nitrogens with one attached hydrogen (secondary N) is 1. The molecule has 1 aromatic carbocycles. The third-order valence-corrected chi connectivity index (χ3v) is 3.17. The fraction of sp³-hybridized carbons (Fsp3) is 0.375. The summed E-state index contributed by atoms with van der Waals surface area (Å²) >= 11 is 0. The lowest BCUT2D eigenvalue weighted by atomic mass is 10.1. The number of nitrogens with zero attached hydrogens (tertiary/aromatic N) is 2. The predicted octanol–water partition coefficient (Wildman–Crippen LogP) is 3.43. The molecule has 4 nitrogen and oxygen atoms in total. The molecule has 1 aliphatic carbocycles. The van der Waals surface area contributed by atoms with Crippen LogP contribution in [-0.2, 0) is 0 Å². The van der Waals surface area contributed by atoms with Crippen LogP contribution in [0.1, 0.15) is 25.6 Å². The smallest absolute Gasteiger partial charge is 0.130 e. The Bertz CT molecular complexity index is 591. The third kappa shape index (κ3) is 3.07. The highest BCUT2D eigenvalue weighted by molar-refractivity contribution is 5.63. The molecule has 1 heterocycles. The van der Waals surface area contributed by atoms with Crippen molar-refractivity contribution in [3.05, 3.63) is 36.2 Å². The maximum atomic E-state index is 5.76. The number of aryl methyl sites for hydroxylation is 1. The molecule has 0 aliphatic heterocycles. The lowest BCUT2D eigenvalue weighted by Gasteiger charge is -2.08. The van der Waals surface area contributed by atoms with E-state index in [-0.39, 0.29) is 0 Å². The van der Waals surface area contributed by atoms with Gasteiger partial charge in [-0.3, -0.25) is 0 Å². The summed E-state index contributed by atoms with van der Waals surface area (Å²) in [4.78, 5) is 8.86. The quantitative estimate of drug-likeness (QED) is 0.903. The van der Waals surface area contributed by atoms with E-state index in [1.54, 1.807) is 0 Å². The second-order valence-corrected chi connectivity index (χ2v) is 5.06. The molecule has 3 rings (SSSR count). The largest absolute Gasteiger partial charge is 0.490 e. The van der Waals surface area contributed by atoms with Gasteiger partial charge in [-0.05, 0) is 51.0 Å². The molecule has 0 unspecified atom stereocenters. The molecule has 1 fully saturated rings. The molecule has 2 aromatic rings. The molecule has 0 saturated heterocycles. The van der Waals surface area contributed by atoms with E-state index >= 15 is 0 Å². The van der Waals surface area contributed by atoms with Crippen LogP contribution in [0.2, 0.25) is 0 Å². The normalized spacial score (nSPS) is 14.1. The van der Waals surface area contributed by atoms with Gasteiger partial charge in [0, 0.05) is 18.2 Å². The van der Waals surface area contributed by atoms with Gasteiger partial charge in [0.2, 0.25) is 0 Å². The van der Waals surface area contributed by atoms with Gasteiger partial charge < -0.3 is 10.1 Å². The van der Waals surface area contributed by atoms with Gasteiger partial charge in [0.15, 0.2) is 0 Å². The molecule has 0 bridgehead atoms. The zero-order chi connectivity index (χ0) is 13.9. The van der Waals surface area contributed by atoms with Gasteiger partial charge in [0.25, 0.3) is 0 Å². The van der Waals surface area contributed by atoms with Crippen LogP contribution in [0.25, 0.3) is 11.3 Å². The van der Waals surface area contributed by atoms with Crippen LogP contribution in [-0.4, -0.2) is 22.6 Å². The van der Waals surface area contributed by atoms with E-state index in [9.17, 15) is 0 Å². The highest BCUT2D eigenvalue weighted by Crippen LogP contribution is 2.28. The average Bonchev–Trinajstić information content (AvgIpc) is 3.23. The summed E-state index contributed by atoms with van der Waals surface area (Å²) in [6, 6.07) is 10.1. The molecule has 1 aliphatic rings. The summed E-state index contributed by atoms with van der Waals surface area (Å²) in [6.07, 6.45) is 2.79. The molecular weight excluding hydrogens is 250 g/mol. The lowest BCUT2D eigenvalue weighted by molar-refractivity contribution is 0.303. The monoisotopic (exact) mass is 269 g/mol. The van der Waals surface area contributed by atoms with Gasteiger partial charge in [-0.15, -0.1) is 0 Å². The van der Waals surface area contributed by atoms with Crippen LogP contribution < -0.4 is 10.1 Å². The maximum Gasteiger partial charge on any atom is 0.130 e. The van der Waals surface area contributed by atoms with Crippen molar-refractivity contribution in [3.63, 3.8) is 0 Å². The van der Waals surface area contributed by atoms with Crippen molar-refractivity contribution in [2.45, 2.75) is 32.8 Å². The van der Waals surface area contributed by atoms with Crippen molar-refractivity contribution in [1.82, 2.24) is 9.97 Å². The Hall–Kier alpha value is -2.10. The number of aromatic nitrogens is 2. The minimum atomic E-state index is 0.433. The Labute approximate surface area is 119 Å². The van der Waals surface area contributed by atoms with Crippen LogP contribution in [0.4, 0.5) is 5.82 Å². The van der Waals surface area contributed by atoms with Crippen molar-refractivity contribution in [3.8, 4) is 17.0 Å². The summed E-state index contributed by atoms with van der Waals surface area (Å²) in [5.74, 6) is 2.58. The van der Waals surface area contributed by atoms with Crippen LogP contribution in [0, 0.1) is 6.92 Å². The Morgan fingerprint density at radius 2 is 1.95 bits per heavy atom. The Kier molecular flexibility index (Phi) is 3.54. The zero-order valence-electron chi connectivity index (χ0n) is 11.9. The van der Waals surface area contributed by atoms with Gasteiger partial charge in [-0.25, -0.2) is 9.97 Å². The Morgan fingerprint density at radius 1 is 1.20 bits per heavy atom. The first-order chi connectivity index (χ1) is 9.74. The van der Waals surface area contributed by atoms with Crippen LogP contribution >= 0.6 is 0 Å². The van der Waals surface area contributed by atoms with E-state index < -0.39 is 0 Å². The second kappa shape index (κ2) is 5.49. The molecule has 1 aromatic heterocycles. The molecule has 0 spiro atoms. The summed E-state index contributed by atoms with van der Waals surface area (Å²) in [7, 11) is 0. The van der Waals surface area contributed by atoms with E-state index in [1.165, 1.54) is 12.8 Å². The van der Waals surface area contributed by atoms with Crippen molar-refractivity contribution >= 4 is 5.82 Å². The van der Waals surface area contributed by atoms with Crippen LogP contribution in [0.5, 0.6) is 5.75 Å². The van der Waals surface area contributed by atoms with E-state index in [1.807, 2.05) is 25.1 Å². The van der Waals surface area contributed by atoms with Crippen LogP contribution in [0.15, 0.2) is 30.3 Å². The van der Waals surface area contributed by atoms with E-state index in [2.05, 4.69) is 34.3 Å². The standard InChI is InChI=1S/C16H19N3O/c1-3-17-16-10-15(18-11(2)19-16)12-4-6-13(7-5-12)20-14-8-9-14/h4-7,10,14H,3,8-9H2,1-2H3,(H,17,18,19). The summed E-state index contributed by atoms with van der Waals surface area (Å²) < 4.78 is 5.76. The van der Waals surface area contributed by atoms with Crippen molar-refractivity contribution in [2.24, 2.45) is 0 Å². The van der Waals surface area contributed by atoms with Gasteiger partial charge in [0.1, 0.15) is 17.4 Å². The molecule has 0 amide bonds. The summed E-state index contributed by atoms with van der Waals surface area (Å²) in [6.45, 7) is 4.82. The topological polar surface area (TPSA) is 47.0 Å². The summed E-state index contributed by atoms with van der Waals surface area (Å²) in [5, 5.41) is 3.23. The minimum absolute atomic E-state index is 0.433. The molecular formula is C16H19N3O. The molecule has 20 heavy (non-hydrogen) atoms. The molecule has 0 radical (unpaired) electrons. The molecule has 1 N–H and O–H groups in total. The molecule has 1 saturated carbocycles. The van der Waals surface area contributed by atoms with E-state index in [4.69, 9.17) is 4.74 Å². The number of hydrogen-bond acceptors (Lipinski definition) is 4. The van der Waals surface area contributed by atoms with Crippen molar-refractivity contribution < 1.29 is 4.74 Å². The van der Waals surface area contributed by atoms with Crippen molar-refractivity contribution in [2.75, 3.05) is 11.9 Å². The Balaban J connectivity index is 1.83. The number of anilines is 1. The second-order valence-electron chi connectivity index (χ2n) is 5.06. The molecule has 4 heteroatoms. The molecule has 104 valence electrons. The van der Waals surface area contributed by atoms with E-state index in [0.717, 1.165) is 35.2 Å². The van der Waals surface area contributed by atoms with Gasteiger partial charge in [0.05, 0.1) is 11.8 Å². The number of rotatable bonds is 5. The average molecular weight is 269 g/mol. The summed E-state index contributed by atoms with van der Waals surface area (Å²) in [5.41, 5.74) is 2.02. The van der Waals surface area contributed by atoms with E-state index in [0.29, 0.717) is 6.10 Å². The highest BCUT2D eigenvalue weighted by atomic mass is 16.5. The third-order valence-electron chi connectivity index (χ3n) is 3.17. The Morgan fingerprint density at radius 3 is 2.60 bits per heavy atom. The van der Waals surface area contributed by atoms with Crippen molar-refractivity contribution in [1.29, 1.82) is 0 Å². The van der Waals surface area contributed by atoms with Gasteiger partial charge >= 0.3 is 0 Å². The molecule has 0 atom stereocenters. The fourth-order valence-corrected chi connectivity index (χ4v) is 2.07. The minimum Gasteiger partial charge on any atom is -0.490 e. The van der Waals surface area contributed by atoms with Gasteiger partial charge in [-0.1, -0.05) is 0 Å². The SMILES string of the molecule is CCNc1cc(-c2ccc(OC3CC3)cc2)nc(C)n1. The van der Waals surface area contributed by atoms with Gasteiger partial charge in [-0.2, -0.15) is 0 Å². The first-order valence-corrected chi connectivity index (χ1v) is 7.11. The zero-order valence-corrected chi connectivity index (χ0v) is 11.9. The maximum absolute atomic E-state index is 5.76. The number of ether oxygens (including phenoxy) is 1. The highest BCUT2D eigenvalue weighted by Gasteiger charge is 2.23. The number of hydrogen-bond donors (Lipinski definition) is 1. The first-order valence-electron chi connectivity index (χ1n) is 7.11. The fourth-order valence-electron chi connectivity index (χ4n) is 2.07. The van der Waals surface area contributed by atoms with Crippen LogP contribution in [0.3, 0.4) is 0 Å². The first kappa shape index (κ1) is 12.9. The lowest BCUT2D eigenvalue weighted by Crippen LogP contribution is -2.02. The predicted molar refractivity (Wildman–Crippen MR) is 80.0 cm³/mol.